The molecule has 1 unspecified atom stereocenters. The van der Waals surface area contributed by atoms with Gasteiger partial charge >= 0.3 is 21.1 Å². The van der Waals surface area contributed by atoms with Crippen molar-refractivity contribution in [3.8, 4) is 0 Å². The van der Waals surface area contributed by atoms with Crippen LogP contribution in [-0.4, -0.2) is 19.4 Å². The average Bonchev–Trinajstić information content (AvgIpc) is 3.18. The van der Waals surface area contributed by atoms with Crippen molar-refractivity contribution in [2.24, 2.45) is 5.92 Å². The predicted octanol–water partition coefficient (Wildman–Crippen LogP) is 6.99. The molecule has 3 nitrogen and oxygen atoms in total. The smallest absolute Gasteiger partial charge is 0.196 e. The number of hydrogen-bond acceptors (Lipinski definition) is 3. The number of allylic oxidation sites excluding steroid dienone is 1. The molecule has 1 heterocycles. The van der Waals surface area contributed by atoms with Crippen molar-refractivity contribution in [1.29, 1.82) is 0 Å². The number of alkyl halides is 6. The van der Waals surface area contributed by atoms with Gasteiger partial charge in [-0.1, -0.05) is 45.7 Å². The molecule has 0 radical (unpaired) electrons. The van der Waals surface area contributed by atoms with Crippen LogP contribution in [0.1, 0.15) is 57.6 Å². The van der Waals surface area contributed by atoms with Crippen LogP contribution in [-0.2, 0) is 19.2 Å². The molecule has 1 aliphatic carbocycles. The maximum atomic E-state index is 14.6. The summed E-state index contributed by atoms with van der Waals surface area (Å²) in [6, 6.07) is 4.16. The lowest BCUT2D eigenvalue weighted by atomic mass is 9.86. The van der Waals surface area contributed by atoms with E-state index in [2.05, 4.69) is 3.63 Å². The molecule has 2 aliphatic rings. The zero-order chi connectivity index (χ0) is 22.8. The van der Waals surface area contributed by atoms with Gasteiger partial charge in [-0.05, 0) is 47.4 Å². The Morgan fingerprint density at radius 2 is 1.57 bits per heavy atom. The highest BCUT2D eigenvalue weighted by Crippen LogP contribution is 2.80. The van der Waals surface area contributed by atoms with E-state index in [1.165, 1.54) is 12.1 Å². The zero-order valence-electron chi connectivity index (χ0n) is 16.5. The summed E-state index contributed by atoms with van der Waals surface area (Å²) in [5.74, 6) is -0.685. The second kappa shape index (κ2) is 7.16. The summed E-state index contributed by atoms with van der Waals surface area (Å²) < 4.78 is 111. The summed E-state index contributed by atoms with van der Waals surface area (Å²) >= 11 is 0. The van der Waals surface area contributed by atoms with Crippen molar-refractivity contribution in [2.45, 2.75) is 67.8 Å². The van der Waals surface area contributed by atoms with Crippen molar-refractivity contribution in [2.75, 3.05) is 0 Å². The molecule has 0 amide bonds. The number of rotatable bonds is 3. The molecule has 1 saturated carbocycles. The molecule has 30 heavy (non-hydrogen) atoms. The third-order valence-electron chi connectivity index (χ3n) is 5.38. The van der Waals surface area contributed by atoms with Crippen LogP contribution in [0.15, 0.2) is 28.0 Å². The number of halogens is 6. The summed E-state index contributed by atoms with van der Waals surface area (Å²) in [4.78, 5) is -0.918. The van der Waals surface area contributed by atoms with Gasteiger partial charge in [0.25, 0.3) is 0 Å². The first-order chi connectivity index (χ1) is 13.5. The van der Waals surface area contributed by atoms with E-state index in [9.17, 15) is 34.8 Å². The predicted molar refractivity (Wildman–Crippen MR) is 103 cm³/mol. The van der Waals surface area contributed by atoms with Crippen LogP contribution < -0.4 is 0 Å². The molecule has 0 saturated heterocycles. The van der Waals surface area contributed by atoms with E-state index in [0.717, 1.165) is 6.07 Å². The first-order valence-electron chi connectivity index (χ1n) is 9.29. The second-order valence-corrected chi connectivity index (χ2v) is 12.9. The summed E-state index contributed by atoms with van der Waals surface area (Å²) in [5, 5.41) is 0. The van der Waals surface area contributed by atoms with Crippen molar-refractivity contribution in [3.05, 3.63) is 34.2 Å². The summed E-state index contributed by atoms with van der Waals surface area (Å²) in [6.07, 6.45) is 3.10. The largest absolute Gasteiger partial charge is 0.523 e. The molecule has 0 bridgehead atoms. The molecular weight excluding hydrogens is 454 g/mol. The van der Waals surface area contributed by atoms with Crippen LogP contribution in [0, 0.1) is 5.92 Å². The van der Waals surface area contributed by atoms with E-state index < -0.39 is 47.7 Å². The van der Waals surface area contributed by atoms with Gasteiger partial charge in [0.05, 0.1) is 0 Å². The lowest BCUT2D eigenvalue weighted by molar-refractivity contribution is -0.0547. The first kappa shape index (κ1) is 23.5. The van der Waals surface area contributed by atoms with Gasteiger partial charge in [-0.25, -0.2) is 0 Å². The molecule has 0 aromatic heterocycles. The van der Waals surface area contributed by atoms with E-state index in [0.29, 0.717) is 31.2 Å². The highest BCUT2D eigenvalue weighted by atomic mass is 32.3. The first-order valence-corrected chi connectivity index (χ1v) is 12.3. The fourth-order valence-electron chi connectivity index (χ4n) is 3.84. The van der Waals surface area contributed by atoms with E-state index in [1.807, 2.05) is 0 Å². The van der Waals surface area contributed by atoms with E-state index >= 15 is 0 Å². The van der Waals surface area contributed by atoms with Crippen LogP contribution >= 0.6 is 10.3 Å². The maximum absolute atomic E-state index is 14.6. The molecular formula is C19H22F6O3S2. The molecule has 1 aromatic carbocycles. The van der Waals surface area contributed by atoms with Gasteiger partial charge < -0.3 is 0 Å². The Morgan fingerprint density at radius 3 is 2.03 bits per heavy atom. The lowest BCUT2D eigenvalue weighted by Gasteiger charge is -2.41. The summed E-state index contributed by atoms with van der Waals surface area (Å²) in [7, 11) is -11.4. The van der Waals surface area contributed by atoms with Crippen molar-refractivity contribution < 1.29 is 38.4 Å². The number of fused-ring (bicyclic) bond motifs is 1. The Balaban J connectivity index is 2.32. The van der Waals surface area contributed by atoms with Gasteiger partial charge in [0.2, 0.25) is 0 Å². The third kappa shape index (κ3) is 3.77. The van der Waals surface area contributed by atoms with Crippen LogP contribution in [0.2, 0.25) is 0 Å². The lowest BCUT2D eigenvalue weighted by Crippen LogP contribution is -2.33. The molecule has 1 aromatic rings. The maximum Gasteiger partial charge on any atom is 0.523 e. The fraction of sp³-hybridized carbons (Fsp3) is 0.579. The topological polar surface area (TPSA) is 43.4 Å². The SMILES string of the molecule is CC(C)(C)c1ccc2c(c1)S(OS(=O)(=O)C(F)(F)F)(C(F)(F)F)C(C1CCCC1)=C2. The monoisotopic (exact) mass is 476 g/mol. The van der Waals surface area contributed by atoms with E-state index in [1.54, 1.807) is 26.8 Å². The van der Waals surface area contributed by atoms with Crippen molar-refractivity contribution >= 4 is 26.5 Å². The molecule has 1 atom stereocenters. The Bertz CT molecular complexity index is 967. The molecule has 11 heteroatoms. The molecule has 170 valence electrons. The van der Waals surface area contributed by atoms with Crippen LogP contribution in [0.5, 0.6) is 0 Å². The average molecular weight is 477 g/mol. The van der Waals surface area contributed by atoms with Gasteiger partial charge in [-0.15, -0.1) is 0 Å². The van der Waals surface area contributed by atoms with Crippen molar-refractivity contribution in [1.82, 2.24) is 0 Å². The van der Waals surface area contributed by atoms with Gasteiger partial charge in [0.1, 0.15) is 0 Å². The van der Waals surface area contributed by atoms with Crippen LogP contribution in [0.3, 0.4) is 0 Å². The molecule has 1 aliphatic heterocycles. The quantitative estimate of drug-likeness (QED) is 0.349. The fourth-order valence-corrected chi connectivity index (χ4v) is 8.66. The van der Waals surface area contributed by atoms with E-state index in [4.69, 9.17) is 0 Å². The van der Waals surface area contributed by atoms with Crippen LogP contribution in [0.4, 0.5) is 26.3 Å². The highest BCUT2D eigenvalue weighted by Gasteiger charge is 2.65. The van der Waals surface area contributed by atoms with Crippen LogP contribution in [0.25, 0.3) is 6.08 Å². The Kier molecular flexibility index (Phi) is 5.60. The Morgan fingerprint density at radius 1 is 1.00 bits per heavy atom. The highest BCUT2D eigenvalue weighted by molar-refractivity contribution is 8.37. The number of hydrogen-bond donors (Lipinski definition) is 0. The minimum absolute atomic E-state index is 0.0506. The van der Waals surface area contributed by atoms with Crippen molar-refractivity contribution in [3.63, 3.8) is 0 Å². The minimum atomic E-state index is -6.50. The molecule has 0 N–H and O–H groups in total. The Hall–Kier alpha value is -1.20. The van der Waals surface area contributed by atoms with E-state index in [-0.39, 0.29) is 10.5 Å². The standard InChI is InChI=1S/C19H22F6O3S2/c1-17(2,3)14-9-8-13-10-15(12-6-4-5-7-12)29(16(13)11-14,18(20,21)22)28-30(26,27)19(23,24)25/h8-12H,4-7H2,1-3H3. The van der Waals surface area contributed by atoms with Gasteiger partial charge in [-0.2, -0.15) is 38.4 Å². The van der Waals surface area contributed by atoms with Gasteiger partial charge in [-0.3, -0.25) is 0 Å². The second-order valence-electron chi connectivity index (χ2n) is 8.50. The molecule has 3 rings (SSSR count). The zero-order valence-corrected chi connectivity index (χ0v) is 18.2. The summed E-state index contributed by atoms with van der Waals surface area (Å²) in [6.45, 7) is 5.23. The molecule has 1 fully saturated rings. The summed E-state index contributed by atoms with van der Waals surface area (Å²) in [5.41, 5.74) is -11.4. The number of benzene rings is 1. The van der Waals surface area contributed by atoms with Gasteiger partial charge in [0, 0.05) is 20.1 Å². The Labute approximate surface area is 173 Å². The minimum Gasteiger partial charge on any atom is -0.196 e. The molecule has 0 spiro atoms. The third-order valence-corrected chi connectivity index (χ3v) is 10.2. The van der Waals surface area contributed by atoms with Gasteiger partial charge in [0.15, 0.2) is 0 Å². The normalized spacial score (nSPS) is 25.7.